The molecule has 0 heterocycles. The van der Waals surface area contributed by atoms with Crippen LogP contribution in [-0.2, 0) is 14.3 Å². The molecule has 0 radical (unpaired) electrons. The molecule has 0 spiro atoms. The fourth-order valence-corrected chi connectivity index (χ4v) is 4.30. The molecule has 5 heteroatoms. The standard InChI is InChI=1S/C18H28O4S/c1-3-4-5-6-17-15(9-12-18(17)19)13-22-23(20,21)16-10-7-14(2)8-11-16/h7-8,10-11,15,17-19H,3-6,9,12-13H2,1-2H3/t15-,17-,18+/m0/s1. The Bertz CT molecular complexity index is 580. The zero-order chi connectivity index (χ0) is 16.9. The molecule has 0 saturated heterocycles. The summed E-state index contributed by atoms with van der Waals surface area (Å²) in [5.74, 6) is 0.289. The summed E-state index contributed by atoms with van der Waals surface area (Å²) in [5.41, 5.74) is 1.01. The summed E-state index contributed by atoms with van der Waals surface area (Å²) in [7, 11) is -3.71. The van der Waals surface area contributed by atoms with Crippen LogP contribution in [0, 0.1) is 18.8 Å². The quantitative estimate of drug-likeness (QED) is 0.579. The van der Waals surface area contributed by atoms with Crippen molar-refractivity contribution >= 4 is 10.1 Å². The Kier molecular flexibility index (Phi) is 6.62. The summed E-state index contributed by atoms with van der Waals surface area (Å²) in [6, 6.07) is 6.69. The first kappa shape index (κ1) is 18.4. The van der Waals surface area contributed by atoms with Crippen molar-refractivity contribution in [3.63, 3.8) is 0 Å². The van der Waals surface area contributed by atoms with Crippen molar-refractivity contribution in [2.45, 2.75) is 63.4 Å². The number of hydrogen-bond donors (Lipinski definition) is 1. The molecule has 4 nitrogen and oxygen atoms in total. The largest absolute Gasteiger partial charge is 0.393 e. The summed E-state index contributed by atoms with van der Waals surface area (Å²) in [6.45, 7) is 4.24. The van der Waals surface area contributed by atoms with E-state index >= 15 is 0 Å². The number of benzene rings is 1. The minimum absolute atomic E-state index is 0.127. The minimum atomic E-state index is -3.71. The lowest BCUT2D eigenvalue weighted by molar-refractivity contribution is 0.0958. The van der Waals surface area contributed by atoms with Gasteiger partial charge in [0.1, 0.15) is 0 Å². The van der Waals surface area contributed by atoms with Crippen LogP contribution in [0.2, 0.25) is 0 Å². The third-order valence-corrected chi connectivity index (χ3v) is 6.12. The summed E-state index contributed by atoms with van der Waals surface area (Å²) >= 11 is 0. The maximum absolute atomic E-state index is 12.3. The predicted molar refractivity (Wildman–Crippen MR) is 90.7 cm³/mol. The Morgan fingerprint density at radius 2 is 1.87 bits per heavy atom. The van der Waals surface area contributed by atoms with E-state index < -0.39 is 10.1 Å². The Morgan fingerprint density at radius 1 is 1.17 bits per heavy atom. The van der Waals surface area contributed by atoms with Gasteiger partial charge in [0.25, 0.3) is 10.1 Å². The molecule has 0 aromatic heterocycles. The number of aryl methyl sites for hydroxylation is 1. The SMILES string of the molecule is CCCCC[C@H]1[C@H](COS(=O)(=O)c2ccc(C)cc2)CC[C@H]1O. The van der Waals surface area contributed by atoms with Crippen LogP contribution < -0.4 is 0 Å². The molecule has 2 rings (SSSR count). The summed E-state index contributed by atoms with van der Waals surface area (Å²) < 4.78 is 29.8. The van der Waals surface area contributed by atoms with Crippen molar-refractivity contribution in [2.24, 2.45) is 11.8 Å². The summed E-state index contributed by atoms with van der Waals surface area (Å²) in [6.07, 6.45) is 5.59. The van der Waals surface area contributed by atoms with E-state index in [2.05, 4.69) is 6.92 Å². The van der Waals surface area contributed by atoms with Gasteiger partial charge in [0.05, 0.1) is 17.6 Å². The molecule has 1 fully saturated rings. The van der Waals surface area contributed by atoms with E-state index in [1.807, 2.05) is 6.92 Å². The van der Waals surface area contributed by atoms with Crippen molar-refractivity contribution in [1.29, 1.82) is 0 Å². The lowest BCUT2D eigenvalue weighted by Crippen LogP contribution is -2.24. The van der Waals surface area contributed by atoms with Crippen molar-refractivity contribution in [1.82, 2.24) is 0 Å². The van der Waals surface area contributed by atoms with Crippen LogP contribution in [0.3, 0.4) is 0 Å². The number of aliphatic hydroxyl groups is 1. The third kappa shape index (κ3) is 5.03. The smallest absolute Gasteiger partial charge is 0.296 e. The van der Waals surface area contributed by atoms with Gasteiger partial charge < -0.3 is 5.11 Å². The van der Waals surface area contributed by atoms with Crippen LogP contribution in [0.25, 0.3) is 0 Å². The number of aliphatic hydroxyl groups excluding tert-OH is 1. The molecule has 1 N–H and O–H groups in total. The van der Waals surface area contributed by atoms with Crippen LogP contribution >= 0.6 is 0 Å². The molecule has 0 aliphatic heterocycles. The maximum atomic E-state index is 12.3. The van der Waals surface area contributed by atoms with E-state index in [0.717, 1.165) is 44.1 Å². The summed E-state index contributed by atoms with van der Waals surface area (Å²) in [5, 5.41) is 10.1. The van der Waals surface area contributed by atoms with Gasteiger partial charge in [0, 0.05) is 0 Å². The van der Waals surface area contributed by atoms with Crippen LogP contribution in [0.4, 0.5) is 0 Å². The molecular weight excluding hydrogens is 312 g/mol. The predicted octanol–water partition coefficient (Wildman–Crippen LogP) is 3.67. The Morgan fingerprint density at radius 3 is 2.52 bits per heavy atom. The Hall–Kier alpha value is -0.910. The third-order valence-electron chi connectivity index (χ3n) is 4.82. The molecule has 1 aromatic rings. The van der Waals surface area contributed by atoms with Crippen LogP contribution in [0.1, 0.15) is 51.0 Å². The second-order valence-electron chi connectivity index (χ2n) is 6.62. The van der Waals surface area contributed by atoms with Gasteiger partial charge in [0.2, 0.25) is 0 Å². The number of hydrogen-bond acceptors (Lipinski definition) is 4. The minimum Gasteiger partial charge on any atom is -0.393 e. The molecule has 1 aliphatic carbocycles. The molecule has 23 heavy (non-hydrogen) atoms. The Balaban J connectivity index is 1.94. The van der Waals surface area contributed by atoms with Crippen molar-refractivity contribution in [3.8, 4) is 0 Å². The normalized spacial score (nSPS) is 24.9. The van der Waals surface area contributed by atoms with Gasteiger partial charge in [-0.3, -0.25) is 4.18 Å². The molecule has 130 valence electrons. The summed E-state index contributed by atoms with van der Waals surface area (Å²) in [4.78, 5) is 0.198. The van der Waals surface area contributed by atoms with Crippen LogP contribution in [-0.4, -0.2) is 26.2 Å². The topological polar surface area (TPSA) is 63.6 Å². The highest BCUT2D eigenvalue weighted by atomic mass is 32.2. The molecular formula is C18H28O4S. The first-order valence-corrected chi connectivity index (χ1v) is 9.99. The van der Waals surface area contributed by atoms with Gasteiger partial charge in [-0.15, -0.1) is 0 Å². The van der Waals surface area contributed by atoms with Crippen LogP contribution in [0.5, 0.6) is 0 Å². The van der Waals surface area contributed by atoms with Gasteiger partial charge in [-0.05, 0) is 50.2 Å². The first-order chi connectivity index (χ1) is 10.9. The molecule has 0 unspecified atom stereocenters. The van der Waals surface area contributed by atoms with E-state index in [1.165, 1.54) is 0 Å². The van der Waals surface area contributed by atoms with Crippen LogP contribution in [0.15, 0.2) is 29.2 Å². The second kappa shape index (κ2) is 8.27. The lowest BCUT2D eigenvalue weighted by atomic mass is 9.90. The maximum Gasteiger partial charge on any atom is 0.296 e. The average Bonchev–Trinajstić information content (AvgIpc) is 2.87. The monoisotopic (exact) mass is 340 g/mol. The highest BCUT2D eigenvalue weighted by molar-refractivity contribution is 7.86. The number of rotatable bonds is 8. The van der Waals surface area contributed by atoms with Crippen molar-refractivity contribution in [3.05, 3.63) is 29.8 Å². The zero-order valence-corrected chi connectivity index (χ0v) is 14.9. The van der Waals surface area contributed by atoms with Gasteiger partial charge in [-0.1, -0.05) is 43.9 Å². The zero-order valence-electron chi connectivity index (χ0n) is 14.1. The first-order valence-electron chi connectivity index (χ1n) is 8.58. The lowest BCUT2D eigenvalue weighted by Gasteiger charge is -2.21. The van der Waals surface area contributed by atoms with Gasteiger partial charge in [0.15, 0.2) is 0 Å². The fourth-order valence-electron chi connectivity index (χ4n) is 3.34. The molecule has 1 saturated carbocycles. The van der Waals surface area contributed by atoms with Gasteiger partial charge in [-0.2, -0.15) is 8.42 Å². The fraction of sp³-hybridized carbons (Fsp3) is 0.667. The van der Waals surface area contributed by atoms with E-state index in [-0.39, 0.29) is 29.4 Å². The van der Waals surface area contributed by atoms with E-state index in [4.69, 9.17) is 4.18 Å². The molecule has 1 aliphatic rings. The molecule has 0 amide bonds. The highest BCUT2D eigenvalue weighted by Gasteiger charge is 2.35. The molecule has 1 aromatic carbocycles. The van der Waals surface area contributed by atoms with Gasteiger partial charge >= 0.3 is 0 Å². The molecule has 3 atom stereocenters. The Labute approximate surface area is 140 Å². The van der Waals surface area contributed by atoms with E-state index in [9.17, 15) is 13.5 Å². The highest BCUT2D eigenvalue weighted by Crippen LogP contribution is 2.36. The van der Waals surface area contributed by atoms with E-state index in [1.54, 1.807) is 24.3 Å². The number of unbranched alkanes of at least 4 members (excludes halogenated alkanes) is 2. The second-order valence-corrected chi connectivity index (χ2v) is 8.23. The van der Waals surface area contributed by atoms with Gasteiger partial charge in [-0.25, -0.2) is 0 Å². The van der Waals surface area contributed by atoms with Crippen molar-refractivity contribution in [2.75, 3.05) is 6.61 Å². The van der Waals surface area contributed by atoms with E-state index in [0.29, 0.717) is 0 Å². The molecule has 0 bridgehead atoms. The average molecular weight is 340 g/mol. The van der Waals surface area contributed by atoms with Crippen molar-refractivity contribution < 1.29 is 17.7 Å².